The number of rotatable bonds is 2. The number of aromatic nitrogens is 2. The normalized spacial score (nSPS) is 18.5. The highest BCUT2D eigenvalue weighted by molar-refractivity contribution is 5.93. The molecule has 2 aromatic rings. The van der Waals surface area contributed by atoms with Crippen LogP contribution in [0.4, 0.5) is 0 Å². The second-order valence-corrected chi connectivity index (χ2v) is 5.19. The van der Waals surface area contributed by atoms with Crippen molar-refractivity contribution in [3.05, 3.63) is 59.7 Å². The third-order valence-electron chi connectivity index (χ3n) is 3.69. The first-order chi connectivity index (χ1) is 10.2. The molecular weight excluding hydrogens is 264 g/mol. The molecule has 0 bridgehead atoms. The average molecular weight is 282 g/mol. The van der Waals surface area contributed by atoms with Gasteiger partial charge in [0.2, 0.25) is 0 Å². The highest BCUT2D eigenvalue weighted by atomic mass is 16.2. The number of hydrogen-bond donors (Lipinski definition) is 1. The van der Waals surface area contributed by atoms with Crippen molar-refractivity contribution in [3.8, 4) is 0 Å². The zero-order chi connectivity index (χ0) is 14.7. The Bertz CT molecular complexity index is 612. The van der Waals surface area contributed by atoms with E-state index in [4.69, 9.17) is 0 Å². The Morgan fingerprint density at radius 2 is 1.95 bits per heavy atom. The van der Waals surface area contributed by atoms with E-state index in [1.54, 1.807) is 12.4 Å². The van der Waals surface area contributed by atoms with Crippen molar-refractivity contribution in [1.29, 1.82) is 0 Å². The van der Waals surface area contributed by atoms with Crippen LogP contribution < -0.4 is 5.32 Å². The number of carbonyl (C=O) groups is 1. The van der Waals surface area contributed by atoms with Crippen molar-refractivity contribution >= 4 is 5.91 Å². The fourth-order valence-corrected chi connectivity index (χ4v) is 2.53. The molecule has 0 aliphatic carbocycles. The van der Waals surface area contributed by atoms with Crippen LogP contribution in [0, 0.1) is 6.92 Å². The summed E-state index contributed by atoms with van der Waals surface area (Å²) < 4.78 is 0. The van der Waals surface area contributed by atoms with Crippen LogP contribution in [0.5, 0.6) is 0 Å². The first-order valence-electron chi connectivity index (χ1n) is 7.10. The zero-order valence-electron chi connectivity index (χ0n) is 12.0. The number of aryl methyl sites for hydroxylation is 1. The van der Waals surface area contributed by atoms with E-state index in [-0.39, 0.29) is 11.9 Å². The maximum atomic E-state index is 12.5. The molecule has 2 heterocycles. The maximum Gasteiger partial charge on any atom is 0.257 e. The smallest absolute Gasteiger partial charge is 0.257 e. The Balaban J connectivity index is 1.74. The Kier molecular flexibility index (Phi) is 3.92. The standard InChI is InChI=1S/C16H18N4O/c1-12-18-9-14(10-19-12)16(21)20-8-7-17-15(11-20)13-5-3-2-4-6-13/h2-6,9-10,15,17H,7-8,11H2,1H3/t15-/m0/s1. The van der Waals surface area contributed by atoms with Crippen LogP contribution in [0.1, 0.15) is 27.8 Å². The van der Waals surface area contributed by atoms with Gasteiger partial charge in [-0.15, -0.1) is 0 Å². The second kappa shape index (κ2) is 6.01. The lowest BCUT2D eigenvalue weighted by molar-refractivity contribution is 0.0702. The van der Waals surface area contributed by atoms with Gasteiger partial charge in [-0.2, -0.15) is 0 Å². The van der Waals surface area contributed by atoms with Gasteiger partial charge in [0.15, 0.2) is 0 Å². The molecule has 1 atom stereocenters. The van der Waals surface area contributed by atoms with Crippen LogP contribution in [0.3, 0.4) is 0 Å². The minimum Gasteiger partial charge on any atom is -0.335 e. The SMILES string of the molecule is Cc1ncc(C(=O)N2CCN[C@H](c3ccccc3)C2)cn1. The van der Waals surface area contributed by atoms with E-state index in [2.05, 4.69) is 27.4 Å². The molecule has 0 radical (unpaired) electrons. The molecule has 1 aromatic heterocycles. The topological polar surface area (TPSA) is 58.1 Å². The fourth-order valence-electron chi connectivity index (χ4n) is 2.53. The van der Waals surface area contributed by atoms with Crippen LogP contribution in [-0.2, 0) is 0 Å². The molecule has 5 nitrogen and oxygen atoms in total. The summed E-state index contributed by atoms with van der Waals surface area (Å²) in [4.78, 5) is 22.6. The first-order valence-corrected chi connectivity index (χ1v) is 7.10. The Labute approximate surface area is 124 Å². The number of benzene rings is 1. The van der Waals surface area contributed by atoms with Crippen LogP contribution >= 0.6 is 0 Å². The average Bonchev–Trinajstić information content (AvgIpc) is 2.56. The summed E-state index contributed by atoms with van der Waals surface area (Å²) in [6.07, 6.45) is 3.20. The van der Waals surface area contributed by atoms with Crippen molar-refractivity contribution in [3.63, 3.8) is 0 Å². The number of nitrogens with one attached hydrogen (secondary N) is 1. The van der Waals surface area contributed by atoms with Crippen LogP contribution in [-0.4, -0.2) is 40.4 Å². The molecule has 1 saturated heterocycles. The van der Waals surface area contributed by atoms with E-state index in [1.807, 2.05) is 30.0 Å². The summed E-state index contributed by atoms with van der Waals surface area (Å²) in [6, 6.07) is 10.4. The van der Waals surface area contributed by atoms with Gasteiger partial charge in [0.05, 0.1) is 5.56 Å². The molecule has 0 spiro atoms. The molecule has 0 saturated carbocycles. The third kappa shape index (κ3) is 3.08. The maximum absolute atomic E-state index is 12.5. The molecule has 21 heavy (non-hydrogen) atoms. The Morgan fingerprint density at radius 3 is 2.67 bits per heavy atom. The monoisotopic (exact) mass is 282 g/mol. The number of nitrogens with zero attached hydrogens (tertiary/aromatic N) is 3. The van der Waals surface area contributed by atoms with Crippen LogP contribution in [0.15, 0.2) is 42.7 Å². The van der Waals surface area contributed by atoms with Gasteiger partial charge in [0.1, 0.15) is 5.82 Å². The molecular formula is C16H18N4O. The van der Waals surface area contributed by atoms with Gasteiger partial charge in [-0.25, -0.2) is 9.97 Å². The van der Waals surface area contributed by atoms with Gasteiger partial charge in [0, 0.05) is 38.1 Å². The molecule has 1 aliphatic heterocycles. The molecule has 0 unspecified atom stereocenters. The van der Waals surface area contributed by atoms with Gasteiger partial charge in [-0.05, 0) is 12.5 Å². The summed E-state index contributed by atoms with van der Waals surface area (Å²) in [6.45, 7) is 3.97. The largest absolute Gasteiger partial charge is 0.335 e. The minimum atomic E-state index is -0.00238. The van der Waals surface area contributed by atoms with Crippen LogP contribution in [0.2, 0.25) is 0 Å². The summed E-state index contributed by atoms with van der Waals surface area (Å²) in [5, 5.41) is 3.46. The van der Waals surface area contributed by atoms with E-state index >= 15 is 0 Å². The summed E-state index contributed by atoms with van der Waals surface area (Å²) in [7, 11) is 0. The fraction of sp³-hybridized carbons (Fsp3) is 0.312. The van der Waals surface area contributed by atoms with Gasteiger partial charge in [0.25, 0.3) is 5.91 Å². The lowest BCUT2D eigenvalue weighted by atomic mass is 10.0. The third-order valence-corrected chi connectivity index (χ3v) is 3.69. The second-order valence-electron chi connectivity index (χ2n) is 5.19. The molecule has 1 fully saturated rings. The Hall–Kier alpha value is -2.27. The van der Waals surface area contributed by atoms with E-state index in [0.29, 0.717) is 24.5 Å². The molecule has 1 aliphatic rings. The van der Waals surface area contributed by atoms with E-state index in [9.17, 15) is 4.79 Å². The van der Waals surface area contributed by atoms with Crippen molar-refractivity contribution in [1.82, 2.24) is 20.2 Å². The van der Waals surface area contributed by atoms with Crippen molar-refractivity contribution in [2.75, 3.05) is 19.6 Å². The molecule has 1 aromatic carbocycles. The lowest BCUT2D eigenvalue weighted by Gasteiger charge is -2.34. The zero-order valence-corrected chi connectivity index (χ0v) is 12.0. The first kappa shape index (κ1) is 13.7. The predicted molar refractivity (Wildman–Crippen MR) is 79.9 cm³/mol. The predicted octanol–water partition coefficient (Wildman–Crippen LogP) is 1.57. The lowest BCUT2D eigenvalue weighted by Crippen LogP contribution is -2.48. The summed E-state index contributed by atoms with van der Waals surface area (Å²) in [5.41, 5.74) is 1.75. The van der Waals surface area contributed by atoms with Crippen molar-refractivity contribution in [2.45, 2.75) is 13.0 Å². The van der Waals surface area contributed by atoms with Crippen molar-refractivity contribution < 1.29 is 4.79 Å². The van der Waals surface area contributed by atoms with Gasteiger partial charge in [-0.1, -0.05) is 30.3 Å². The van der Waals surface area contributed by atoms with Gasteiger partial charge in [-0.3, -0.25) is 4.79 Å². The van der Waals surface area contributed by atoms with Gasteiger partial charge < -0.3 is 10.2 Å². The van der Waals surface area contributed by atoms with Gasteiger partial charge >= 0.3 is 0 Å². The number of amides is 1. The number of piperazine rings is 1. The van der Waals surface area contributed by atoms with Crippen molar-refractivity contribution in [2.24, 2.45) is 0 Å². The molecule has 3 rings (SSSR count). The minimum absolute atomic E-state index is 0.00238. The number of carbonyl (C=O) groups excluding carboxylic acids is 1. The summed E-state index contributed by atoms with van der Waals surface area (Å²) in [5.74, 6) is 0.673. The highest BCUT2D eigenvalue weighted by Crippen LogP contribution is 2.18. The molecule has 108 valence electrons. The van der Waals surface area contributed by atoms with E-state index in [1.165, 1.54) is 5.56 Å². The Morgan fingerprint density at radius 1 is 1.24 bits per heavy atom. The molecule has 1 N–H and O–H groups in total. The molecule has 5 heteroatoms. The van der Waals surface area contributed by atoms with Crippen LogP contribution in [0.25, 0.3) is 0 Å². The summed E-state index contributed by atoms with van der Waals surface area (Å²) >= 11 is 0. The number of hydrogen-bond acceptors (Lipinski definition) is 4. The van der Waals surface area contributed by atoms with E-state index < -0.39 is 0 Å². The van der Waals surface area contributed by atoms with E-state index in [0.717, 1.165) is 6.54 Å². The quantitative estimate of drug-likeness (QED) is 0.908. The highest BCUT2D eigenvalue weighted by Gasteiger charge is 2.25. The molecule has 1 amide bonds.